The normalized spacial score (nSPS) is 20.7. The van der Waals surface area contributed by atoms with Gasteiger partial charge in [0.2, 0.25) is 0 Å². The Morgan fingerprint density at radius 1 is 1.56 bits per heavy atom. The predicted molar refractivity (Wildman–Crippen MR) is 80.1 cm³/mol. The Balaban J connectivity index is 0.00000162. The highest BCUT2D eigenvalue weighted by Gasteiger charge is 2.23. The zero-order valence-corrected chi connectivity index (χ0v) is 13.4. The largest absolute Gasteiger partial charge is 0.314 e. The van der Waals surface area contributed by atoms with Gasteiger partial charge in [-0.25, -0.2) is 0 Å². The minimum atomic E-state index is 0. The molecule has 1 aliphatic rings. The summed E-state index contributed by atoms with van der Waals surface area (Å²) >= 11 is 3.58. The molecule has 1 aromatic heterocycles. The van der Waals surface area contributed by atoms with Crippen molar-refractivity contribution in [1.82, 2.24) is 20.0 Å². The molecule has 2 rings (SSSR count). The van der Waals surface area contributed by atoms with Crippen LogP contribution in [0.5, 0.6) is 0 Å². The van der Waals surface area contributed by atoms with E-state index in [0.717, 1.165) is 30.7 Å². The van der Waals surface area contributed by atoms with Crippen molar-refractivity contribution in [1.29, 1.82) is 0 Å². The zero-order valence-electron chi connectivity index (χ0n) is 11.0. The van der Waals surface area contributed by atoms with Crippen LogP contribution in [0.1, 0.15) is 25.5 Å². The van der Waals surface area contributed by atoms with Crippen LogP contribution >= 0.6 is 28.3 Å². The second kappa shape index (κ2) is 7.48. The Kier molecular flexibility index (Phi) is 6.63. The van der Waals surface area contributed by atoms with Gasteiger partial charge in [0.1, 0.15) is 0 Å². The van der Waals surface area contributed by atoms with Gasteiger partial charge in [-0.15, -0.1) is 12.4 Å². The van der Waals surface area contributed by atoms with E-state index in [4.69, 9.17) is 0 Å². The fraction of sp³-hybridized carbons (Fsp3) is 0.750. The summed E-state index contributed by atoms with van der Waals surface area (Å²) in [6, 6.07) is 0.663. The molecule has 1 fully saturated rings. The highest BCUT2D eigenvalue weighted by molar-refractivity contribution is 9.10. The summed E-state index contributed by atoms with van der Waals surface area (Å²) in [7, 11) is 2.01. The Morgan fingerprint density at radius 2 is 2.33 bits per heavy atom. The van der Waals surface area contributed by atoms with E-state index < -0.39 is 0 Å². The van der Waals surface area contributed by atoms with Gasteiger partial charge in [0.25, 0.3) is 0 Å². The van der Waals surface area contributed by atoms with Crippen LogP contribution in [-0.4, -0.2) is 40.4 Å². The highest BCUT2D eigenvalue weighted by Crippen LogP contribution is 2.20. The van der Waals surface area contributed by atoms with Gasteiger partial charge < -0.3 is 5.32 Å². The molecule has 1 N–H and O–H groups in total. The molecular formula is C12H22BrClN4. The van der Waals surface area contributed by atoms with E-state index in [-0.39, 0.29) is 12.4 Å². The van der Waals surface area contributed by atoms with E-state index in [1.54, 1.807) is 0 Å². The van der Waals surface area contributed by atoms with Gasteiger partial charge in [-0.3, -0.25) is 9.58 Å². The van der Waals surface area contributed by atoms with Crippen molar-refractivity contribution >= 4 is 28.3 Å². The van der Waals surface area contributed by atoms with Gasteiger partial charge >= 0.3 is 0 Å². The number of aryl methyl sites for hydroxylation is 1. The third-order valence-electron chi connectivity index (χ3n) is 3.46. The predicted octanol–water partition coefficient (Wildman–Crippen LogP) is 2.18. The van der Waals surface area contributed by atoms with Crippen LogP contribution in [0.2, 0.25) is 0 Å². The molecule has 1 aromatic rings. The van der Waals surface area contributed by atoms with Crippen LogP contribution in [0.25, 0.3) is 0 Å². The van der Waals surface area contributed by atoms with Crippen molar-refractivity contribution in [2.45, 2.75) is 32.4 Å². The number of hydrogen-bond acceptors (Lipinski definition) is 3. The van der Waals surface area contributed by atoms with Crippen LogP contribution in [0.4, 0.5) is 0 Å². The summed E-state index contributed by atoms with van der Waals surface area (Å²) in [6.07, 6.45) is 4.39. The van der Waals surface area contributed by atoms with Crippen molar-refractivity contribution in [3.05, 3.63) is 16.4 Å². The number of rotatable bonds is 4. The Bertz CT molecular complexity index is 347. The van der Waals surface area contributed by atoms with E-state index in [1.165, 1.54) is 18.5 Å². The van der Waals surface area contributed by atoms with Crippen molar-refractivity contribution in [3.8, 4) is 0 Å². The number of aromatic nitrogens is 2. The highest BCUT2D eigenvalue weighted by atomic mass is 79.9. The molecule has 0 saturated carbocycles. The summed E-state index contributed by atoms with van der Waals surface area (Å²) in [5.41, 5.74) is 1.27. The Morgan fingerprint density at radius 3 is 2.94 bits per heavy atom. The molecule has 104 valence electrons. The standard InChI is InChI=1S/C12H21BrN4.ClH/c1-3-4-10-7-14-5-6-17(10)9-12-11(13)8-15-16(12)2;/h8,10,14H,3-7,9H2,1-2H3;1H. The van der Waals surface area contributed by atoms with E-state index in [2.05, 4.69) is 38.2 Å². The topological polar surface area (TPSA) is 33.1 Å². The third kappa shape index (κ3) is 3.70. The molecule has 0 amide bonds. The van der Waals surface area contributed by atoms with Gasteiger partial charge in [0, 0.05) is 39.3 Å². The SMILES string of the molecule is CCCC1CNCCN1Cc1c(Br)cnn1C.Cl. The Labute approximate surface area is 124 Å². The van der Waals surface area contributed by atoms with Gasteiger partial charge in [-0.05, 0) is 22.4 Å². The first-order valence-corrected chi connectivity index (χ1v) is 7.12. The van der Waals surface area contributed by atoms with Crippen LogP contribution in [-0.2, 0) is 13.6 Å². The minimum Gasteiger partial charge on any atom is -0.314 e. The fourth-order valence-corrected chi connectivity index (χ4v) is 2.91. The number of nitrogens with zero attached hydrogens (tertiary/aromatic N) is 3. The summed E-state index contributed by atoms with van der Waals surface area (Å²) in [6.45, 7) is 6.58. The molecule has 0 aromatic carbocycles. The molecule has 0 radical (unpaired) electrons. The van der Waals surface area contributed by atoms with Crippen molar-refractivity contribution in [2.75, 3.05) is 19.6 Å². The average molecular weight is 338 g/mol. The third-order valence-corrected chi connectivity index (χ3v) is 4.12. The van der Waals surface area contributed by atoms with Crippen LogP contribution < -0.4 is 5.32 Å². The molecule has 0 bridgehead atoms. The molecule has 1 unspecified atom stereocenters. The molecule has 6 heteroatoms. The number of halogens is 2. The molecule has 0 spiro atoms. The summed E-state index contributed by atoms with van der Waals surface area (Å²) < 4.78 is 3.09. The quantitative estimate of drug-likeness (QED) is 0.914. The smallest absolute Gasteiger partial charge is 0.0663 e. The number of nitrogens with one attached hydrogen (secondary N) is 1. The zero-order chi connectivity index (χ0) is 12.3. The van der Waals surface area contributed by atoms with Crippen molar-refractivity contribution in [3.63, 3.8) is 0 Å². The van der Waals surface area contributed by atoms with Gasteiger partial charge in [-0.2, -0.15) is 5.10 Å². The monoisotopic (exact) mass is 336 g/mol. The van der Waals surface area contributed by atoms with Gasteiger partial charge in [-0.1, -0.05) is 13.3 Å². The van der Waals surface area contributed by atoms with Crippen molar-refractivity contribution < 1.29 is 0 Å². The molecule has 1 saturated heterocycles. The van der Waals surface area contributed by atoms with E-state index in [0.29, 0.717) is 6.04 Å². The van der Waals surface area contributed by atoms with E-state index in [9.17, 15) is 0 Å². The van der Waals surface area contributed by atoms with Crippen LogP contribution in [0.15, 0.2) is 10.7 Å². The maximum atomic E-state index is 4.28. The fourth-order valence-electron chi connectivity index (χ4n) is 2.44. The lowest BCUT2D eigenvalue weighted by Crippen LogP contribution is -2.50. The molecule has 1 aliphatic heterocycles. The lowest BCUT2D eigenvalue weighted by Gasteiger charge is -2.36. The maximum absolute atomic E-state index is 4.28. The number of piperazine rings is 1. The lowest BCUT2D eigenvalue weighted by atomic mass is 10.1. The second-order valence-corrected chi connectivity index (χ2v) is 5.53. The lowest BCUT2D eigenvalue weighted by molar-refractivity contribution is 0.140. The van der Waals surface area contributed by atoms with Crippen LogP contribution in [0.3, 0.4) is 0 Å². The first kappa shape index (κ1) is 16.0. The molecule has 4 nitrogen and oxygen atoms in total. The van der Waals surface area contributed by atoms with Gasteiger partial charge in [0.05, 0.1) is 16.4 Å². The minimum absolute atomic E-state index is 0. The summed E-state index contributed by atoms with van der Waals surface area (Å²) in [5, 5.41) is 7.76. The molecule has 2 heterocycles. The van der Waals surface area contributed by atoms with Gasteiger partial charge in [0.15, 0.2) is 0 Å². The molecule has 1 atom stereocenters. The van der Waals surface area contributed by atoms with E-state index in [1.807, 2.05) is 17.9 Å². The summed E-state index contributed by atoms with van der Waals surface area (Å²) in [4.78, 5) is 2.57. The molecule has 0 aliphatic carbocycles. The van der Waals surface area contributed by atoms with E-state index >= 15 is 0 Å². The molecular weight excluding hydrogens is 316 g/mol. The average Bonchev–Trinajstić information content (AvgIpc) is 2.64. The molecule has 18 heavy (non-hydrogen) atoms. The van der Waals surface area contributed by atoms with Crippen molar-refractivity contribution in [2.24, 2.45) is 7.05 Å². The first-order valence-electron chi connectivity index (χ1n) is 6.33. The summed E-state index contributed by atoms with van der Waals surface area (Å²) in [5.74, 6) is 0. The number of hydrogen-bond donors (Lipinski definition) is 1. The van der Waals surface area contributed by atoms with Crippen LogP contribution in [0, 0.1) is 0 Å². The Hall–Kier alpha value is -0.100. The second-order valence-electron chi connectivity index (χ2n) is 4.68. The first-order chi connectivity index (χ1) is 8.22. The maximum Gasteiger partial charge on any atom is 0.0663 e.